The van der Waals surface area contributed by atoms with Crippen molar-refractivity contribution in [2.75, 3.05) is 0 Å². The summed E-state index contributed by atoms with van der Waals surface area (Å²) in [5.74, 6) is -0.257. The van der Waals surface area contributed by atoms with Gasteiger partial charge in [-0.05, 0) is 19.4 Å². The minimum atomic E-state index is -1.63. The molecular formula is C9H16O6. The van der Waals surface area contributed by atoms with Gasteiger partial charge in [-0.3, -0.25) is 0 Å². The smallest absolute Gasteiger partial charge is 0.184 e. The first-order chi connectivity index (χ1) is 6.86. The van der Waals surface area contributed by atoms with E-state index < -0.39 is 30.7 Å². The molecule has 6 nitrogen and oxygen atoms in total. The Morgan fingerprint density at radius 3 is 1.93 bits per heavy atom. The van der Waals surface area contributed by atoms with Crippen molar-refractivity contribution < 1.29 is 30.3 Å². The molecule has 5 N–H and O–H groups in total. The van der Waals surface area contributed by atoms with Crippen LogP contribution in [0.3, 0.4) is 0 Å². The quantitative estimate of drug-likeness (QED) is 0.349. The van der Waals surface area contributed by atoms with Gasteiger partial charge < -0.3 is 30.3 Å². The van der Waals surface area contributed by atoms with Crippen LogP contribution in [0.5, 0.6) is 0 Å². The zero-order chi connectivity index (χ0) is 11.7. The third-order valence-electron chi connectivity index (χ3n) is 2.37. The minimum Gasteiger partial charge on any atom is -0.510 e. The van der Waals surface area contributed by atoms with E-state index in [0.29, 0.717) is 5.57 Å². The molecule has 5 atom stereocenters. The average molecular weight is 220 g/mol. The van der Waals surface area contributed by atoms with Gasteiger partial charge in [-0.25, -0.2) is 0 Å². The highest BCUT2D eigenvalue weighted by Crippen LogP contribution is 2.24. The maximum Gasteiger partial charge on any atom is 0.184 e. The van der Waals surface area contributed by atoms with Crippen LogP contribution in [-0.2, 0) is 4.74 Å². The summed E-state index contributed by atoms with van der Waals surface area (Å²) in [5.41, 5.74) is 0.495. The molecule has 1 rings (SSSR count). The Hall–Kier alpha value is -0.660. The Kier molecular flexibility index (Phi) is 3.69. The molecule has 0 aromatic rings. The van der Waals surface area contributed by atoms with E-state index in [9.17, 15) is 25.5 Å². The van der Waals surface area contributed by atoms with Gasteiger partial charge in [0.1, 0.15) is 30.2 Å². The van der Waals surface area contributed by atoms with Gasteiger partial charge in [-0.2, -0.15) is 0 Å². The molecule has 1 heterocycles. The zero-order valence-corrected chi connectivity index (χ0v) is 8.53. The predicted molar refractivity (Wildman–Crippen MR) is 49.9 cm³/mol. The fraction of sp³-hybridized carbons (Fsp3) is 0.778. The third-order valence-corrected chi connectivity index (χ3v) is 2.37. The summed E-state index contributed by atoms with van der Waals surface area (Å²) >= 11 is 0. The van der Waals surface area contributed by atoms with Crippen LogP contribution in [0, 0.1) is 0 Å². The standard InChI is InChI=1S/C9H16O6/c1-3(2)4(10)8-6(12)5(11)7(13)9(14)15-8/h5-14H,1-2H3/t5-,6-,7+,8+,9?/m0/s1. The highest BCUT2D eigenvalue weighted by atomic mass is 16.6. The van der Waals surface area contributed by atoms with Crippen molar-refractivity contribution in [1.82, 2.24) is 0 Å². The Morgan fingerprint density at radius 1 is 0.933 bits per heavy atom. The molecule has 1 unspecified atom stereocenters. The molecule has 0 aromatic carbocycles. The lowest BCUT2D eigenvalue weighted by Crippen LogP contribution is -2.58. The van der Waals surface area contributed by atoms with Gasteiger partial charge in [0.25, 0.3) is 0 Å². The monoisotopic (exact) mass is 220 g/mol. The molecule has 0 aliphatic carbocycles. The number of hydrogen-bond donors (Lipinski definition) is 5. The van der Waals surface area contributed by atoms with E-state index in [-0.39, 0.29) is 5.76 Å². The summed E-state index contributed by atoms with van der Waals surface area (Å²) in [6, 6.07) is 0. The second kappa shape index (κ2) is 4.46. The number of hydrogen-bond acceptors (Lipinski definition) is 6. The fourth-order valence-corrected chi connectivity index (χ4v) is 1.37. The number of aliphatic hydroxyl groups is 5. The fourth-order valence-electron chi connectivity index (χ4n) is 1.37. The van der Waals surface area contributed by atoms with Gasteiger partial charge in [-0.1, -0.05) is 0 Å². The van der Waals surface area contributed by atoms with E-state index in [1.807, 2.05) is 0 Å². The molecule has 15 heavy (non-hydrogen) atoms. The topological polar surface area (TPSA) is 110 Å². The van der Waals surface area contributed by atoms with Crippen LogP contribution < -0.4 is 0 Å². The Bertz CT molecular complexity index is 259. The SMILES string of the molecule is CC(C)=C(O)[C@H]1OC(O)[C@H](O)[C@@H](O)[C@@H]1O. The maximum atomic E-state index is 9.53. The molecule has 0 bridgehead atoms. The molecule has 6 heteroatoms. The lowest BCUT2D eigenvalue weighted by atomic mass is 9.96. The van der Waals surface area contributed by atoms with Gasteiger partial charge in [-0.15, -0.1) is 0 Å². The second-order valence-corrected chi connectivity index (χ2v) is 3.80. The van der Waals surface area contributed by atoms with Crippen LogP contribution >= 0.6 is 0 Å². The van der Waals surface area contributed by atoms with Crippen molar-refractivity contribution >= 4 is 0 Å². The van der Waals surface area contributed by atoms with Gasteiger partial charge in [0.2, 0.25) is 0 Å². The summed E-state index contributed by atoms with van der Waals surface area (Å²) in [5, 5.41) is 46.7. The highest BCUT2D eigenvalue weighted by molar-refractivity contribution is 5.11. The molecule has 1 aliphatic heterocycles. The van der Waals surface area contributed by atoms with Crippen LogP contribution in [0.1, 0.15) is 13.8 Å². The van der Waals surface area contributed by atoms with Crippen LogP contribution in [0.4, 0.5) is 0 Å². The molecule has 1 aliphatic rings. The molecule has 0 spiro atoms. The van der Waals surface area contributed by atoms with Gasteiger partial charge in [0, 0.05) is 0 Å². The number of aliphatic hydroxyl groups excluding tert-OH is 5. The Labute approximate surface area is 87.0 Å². The van der Waals surface area contributed by atoms with Gasteiger partial charge in [0.15, 0.2) is 6.29 Å². The van der Waals surface area contributed by atoms with E-state index in [0.717, 1.165) is 0 Å². The minimum absolute atomic E-state index is 0.257. The van der Waals surface area contributed by atoms with E-state index >= 15 is 0 Å². The molecular weight excluding hydrogens is 204 g/mol. The van der Waals surface area contributed by atoms with E-state index in [4.69, 9.17) is 4.74 Å². The van der Waals surface area contributed by atoms with E-state index in [1.165, 1.54) is 0 Å². The zero-order valence-electron chi connectivity index (χ0n) is 8.53. The summed E-state index contributed by atoms with van der Waals surface area (Å²) in [4.78, 5) is 0. The first-order valence-corrected chi connectivity index (χ1v) is 4.60. The predicted octanol–water partition coefficient (Wildman–Crippen LogP) is -1.36. The molecule has 88 valence electrons. The molecule has 0 radical (unpaired) electrons. The second-order valence-electron chi connectivity index (χ2n) is 3.80. The molecule has 0 amide bonds. The van der Waals surface area contributed by atoms with Crippen LogP contribution in [-0.4, -0.2) is 56.2 Å². The van der Waals surface area contributed by atoms with Crippen LogP contribution in [0.25, 0.3) is 0 Å². The molecule has 0 saturated carbocycles. The van der Waals surface area contributed by atoms with Crippen LogP contribution in [0.15, 0.2) is 11.3 Å². The highest BCUT2D eigenvalue weighted by Gasteiger charge is 2.44. The number of rotatable bonds is 1. The van der Waals surface area contributed by atoms with Gasteiger partial charge in [0.05, 0.1) is 0 Å². The van der Waals surface area contributed by atoms with E-state index in [2.05, 4.69) is 0 Å². The van der Waals surface area contributed by atoms with Crippen molar-refractivity contribution in [3.8, 4) is 0 Å². The summed E-state index contributed by atoms with van der Waals surface area (Å²) in [6.07, 6.45) is -7.46. The lowest BCUT2D eigenvalue weighted by molar-refractivity contribution is -0.278. The molecule has 1 saturated heterocycles. The number of ether oxygens (including phenoxy) is 1. The van der Waals surface area contributed by atoms with Gasteiger partial charge >= 0.3 is 0 Å². The van der Waals surface area contributed by atoms with Crippen LogP contribution in [0.2, 0.25) is 0 Å². The maximum absolute atomic E-state index is 9.53. The first kappa shape index (κ1) is 12.4. The average Bonchev–Trinajstić information content (AvgIpc) is 2.19. The van der Waals surface area contributed by atoms with Crippen molar-refractivity contribution in [2.24, 2.45) is 0 Å². The van der Waals surface area contributed by atoms with Crippen molar-refractivity contribution in [3.05, 3.63) is 11.3 Å². The summed E-state index contributed by atoms with van der Waals surface area (Å²) < 4.78 is 4.79. The molecule has 1 fully saturated rings. The molecule has 0 aromatic heterocycles. The third kappa shape index (κ3) is 2.30. The van der Waals surface area contributed by atoms with Crippen molar-refractivity contribution in [1.29, 1.82) is 0 Å². The first-order valence-electron chi connectivity index (χ1n) is 4.60. The lowest BCUT2D eigenvalue weighted by Gasteiger charge is -2.38. The normalized spacial score (nSPS) is 41.3. The summed E-state index contributed by atoms with van der Waals surface area (Å²) in [7, 11) is 0. The number of allylic oxidation sites excluding steroid dienone is 1. The van der Waals surface area contributed by atoms with E-state index in [1.54, 1.807) is 13.8 Å². The summed E-state index contributed by atoms with van der Waals surface area (Å²) in [6.45, 7) is 3.18. The van der Waals surface area contributed by atoms with Crippen molar-refractivity contribution in [2.45, 2.75) is 44.6 Å². The largest absolute Gasteiger partial charge is 0.510 e. The van der Waals surface area contributed by atoms with Crippen molar-refractivity contribution in [3.63, 3.8) is 0 Å². The Balaban J connectivity index is 2.89. The Morgan fingerprint density at radius 2 is 1.47 bits per heavy atom.